The first kappa shape index (κ1) is 18.6. The van der Waals surface area contributed by atoms with E-state index >= 15 is 0 Å². The highest BCUT2D eigenvalue weighted by Crippen LogP contribution is 2.14. The van der Waals surface area contributed by atoms with Crippen LogP contribution in [0.2, 0.25) is 0 Å². The van der Waals surface area contributed by atoms with E-state index in [2.05, 4.69) is 5.32 Å². The maximum Gasteiger partial charge on any atom is 0.269 e. The van der Waals surface area contributed by atoms with E-state index in [4.69, 9.17) is 5.73 Å². The first-order valence-corrected chi connectivity index (χ1v) is 8.37. The second-order valence-corrected chi connectivity index (χ2v) is 5.95. The molecule has 6 heteroatoms. The number of carbonyl (C=O) groups excluding carboxylic acids is 1. The Morgan fingerprint density at radius 1 is 1.08 bits per heavy atom. The molecule has 6 nitrogen and oxygen atoms in total. The molecule has 0 aromatic heterocycles. The number of rotatable bonds is 9. The van der Waals surface area contributed by atoms with Gasteiger partial charge in [-0.2, -0.15) is 0 Å². The van der Waals surface area contributed by atoms with Crippen LogP contribution in [0.1, 0.15) is 36.4 Å². The van der Waals surface area contributed by atoms with Gasteiger partial charge < -0.3 is 11.1 Å². The highest BCUT2D eigenvalue weighted by molar-refractivity contribution is 5.76. The lowest BCUT2D eigenvalue weighted by Gasteiger charge is -2.12. The van der Waals surface area contributed by atoms with Gasteiger partial charge in [-0.3, -0.25) is 14.9 Å². The zero-order chi connectivity index (χ0) is 18.1. The summed E-state index contributed by atoms with van der Waals surface area (Å²) < 4.78 is 0. The molecule has 0 heterocycles. The van der Waals surface area contributed by atoms with E-state index in [1.54, 1.807) is 12.1 Å². The van der Waals surface area contributed by atoms with Crippen molar-refractivity contribution in [1.29, 1.82) is 0 Å². The lowest BCUT2D eigenvalue weighted by molar-refractivity contribution is -0.384. The second kappa shape index (κ2) is 9.54. The molecule has 0 saturated heterocycles. The minimum absolute atomic E-state index is 0.0494. The molecule has 1 amide bonds. The summed E-state index contributed by atoms with van der Waals surface area (Å²) in [5, 5.41) is 13.5. The number of hydrogen-bond acceptors (Lipinski definition) is 4. The Hall–Kier alpha value is -2.73. The Labute approximate surface area is 147 Å². The number of nitro groups is 1. The van der Waals surface area contributed by atoms with Crippen molar-refractivity contribution in [3.63, 3.8) is 0 Å². The molecular weight excluding hydrogens is 318 g/mol. The molecule has 0 saturated carbocycles. The Morgan fingerprint density at radius 2 is 1.76 bits per heavy atom. The monoisotopic (exact) mass is 341 g/mol. The highest BCUT2D eigenvalue weighted by atomic mass is 16.6. The van der Waals surface area contributed by atoms with Crippen molar-refractivity contribution in [3.8, 4) is 0 Å². The SMILES string of the molecule is NC(CC(=O)NCCCCc1ccc([N+](=O)[O-])cc1)c1ccccc1. The van der Waals surface area contributed by atoms with Gasteiger partial charge in [-0.25, -0.2) is 0 Å². The van der Waals surface area contributed by atoms with Gasteiger partial charge in [0, 0.05) is 31.1 Å². The van der Waals surface area contributed by atoms with Gasteiger partial charge >= 0.3 is 0 Å². The molecule has 0 aliphatic heterocycles. The van der Waals surface area contributed by atoms with Crippen LogP contribution in [-0.2, 0) is 11.2 Å². The van der Waals surface area contributed by atoms with Crippen LogP contribution in [0.15, 0.2) is 54.6 Å². The molecular formula is C19H23N3O3. The topological polar surface area (TPSA) is 98.3 Å². The molecule has 2 aromatic rings. The fraction of sp³-hybridized carbons (Fsp3) is 0.316. The molecule has 0 aliphatic carbocycles. The van der Waals surface area contributed by atoms with Crippen molar-refractivity contribution >= 4 is 11.6 Å². The van der Waals surface area contributed by atoms with Gasteiger partial charge in [0.05, 0.1) is 4.92 Å². The van der Waals surface area contributed by atoms with E-state index in [0.29, 0.717) is 6.54 Å². The fourth-order valence-corrected chi connectivity index (χ4v) is 2.56. The summed E-state index contributed by atoms with van der Waals surface area (Å²) in [6.45, 7) is 0.604. The summed E-state index contributed by atoms with van der Waals surface area (Å²) in [5.41, 5.74) is 8.14. The molecule has 2 rings (SSSR count). The summed E-state index contributed by atoms with van der Waals surface area (Å²) in [7, 11) is 0. The van der Waals surface area contributed by atoms with Crippen LogP contribution >= 0.6 is 0 Å². The average Bonchev–Trinajstić information content (AvgIpc) is 2.62. The fourth-order valence-electron chi connectivity index (χ4n) is 2.56. The molecule has 0 bridgehead atoms. The summed E-state index contributed by atoms with van der Waals surface area (Å²) in [6, 6.07) is 15.9. The van der Waals surface area contributed by atoms with E-state index in [1.807, 2.05) is 30.3 Å². The summed E-state index contributed by atoms with van der Waals surface area (Å²) in [4.78, 5) is 22.1. The first-order valence-electron chi connectivity index (χ1n) is 8.37. The minimum atomic E-state index is -0.403. The van der Waals surface area contributed by atoms with Crippen molar-refractivity contribution < 1.29 is 9.72 Å². The van der Waals surface area contributed by atoms with Crippen LogP contribution < -0.4 is 11.1 Å². The highest BCUT2D eigenvalue weighted by Gasteiger charge is 2.10. The number of nitrogens with zero attached hydrogens (tertiary/aromatic N) is 1. The number of hydrogen-bond donors (Lipinski definition) is 2. The average molecular weight is 341 g/mol. The van der Waals surface area contributed by atoms with Gasteiger partial charge in [0.25, 0.3) is 5.69 Å². The number of nitrogens with one attached hydrogen (secondary N) is 1. The molecule has 2 aromatic carbocycles. The lowest BCUT2D eigenvalue weighted by Crippen LogP contribution is -2.28. The normalized spacial score (nSPS) is 11.7. The quantitative estimate of drug-likeness (QED) is 0.416. The Bertz CT molecular complexity index is 687. The number of amides is 1. The molecule has 0 fully saturated rings. The standard InChI is InChI=1S/C19H23N3O3/c20-18(16-7-2-1-3-8-16)14-19(23)21-13-5-4-6-15-9-11-17(12-10-15)22(24)25/h1-3,7-12,18H,4-6,13-14,20H2,(H,21,23). The minimum Gasteiger partial charge on any atom is -0.356 e. The van der Waals surface area contributed by atoms with Gasteiger partial charge in [0.15, 0.2) is 0 Å². The molecule has 1 atom stereocenters. The smallest absolute Gasteiger partial charge is 0.269 e. The number of carbonyl (C=O) groups is 1. The van der Waals surface area contributed by atoms with Crippen LogP contribution in [-0.4, -0.2) is 17.4 Å². The summed E-state index contributed by atoms with van der Waals surface area (Å²) in [6.07, 6.45) is 2.86. The maximum atomic E-state index is 11.9. The molecule has 0 aliphatic rings. The Kier molecular flexibility index (Phi) is 7.10. The maximum absolute atomic E-state index is 11.9. The third kappa shape index (κ3) is 6.35. The predicted octanol–water partition coefficient (Wildman–Crippen LogP) is 3.12. The summed E-state index contributed by atoms with van der Waals surface area (Å²) >= 11 is 0. The van der Waals surface area contributed by atoms with Gasteiger partial charge in [-0.15, -0.1) is 0 Å². The number of unbranched alkanes of at least 4 members (excludes halogenated alkanes) is 1. The molecule has 3 N–H and O–H groups in total. The van der Waals surface area contributed by atoms with Crippen LogP contribution in [0.25, 0.3) is 0 Å². The largest absolute Gasteiger partial charge is 0.356 e. The van der Waals surface area contributed by atoms with E-state index in [0.717, 1.165) is 30.4 Å². The first-order chi connectivity index (χ1) is 12.1. The third-order valence-electron chi connectivity index (χ3n) is 3.99. The summed E-state index contributed by atoms with van der Waals surface area (Å²) in [5.74, 6) is -0.0494. The van der Waals surface area contributed by atoms with Crippen LogP contribution in [0.3, 0.4) is 0 Å². The van der Waals surface area contributed by atoms with E-state index in [1.165, 1.54) is 12.1 Å². The van der Waals surface area contributed by atoms with E-state index in [9.17, 15) is 14.9 Å². The number of nitro benzene ring substituents is 1. The number of benzene rings is 2. The number of non-ortho nitro benzene ring substituents is 1. The van der Waals surface area contributed by atoms with E-state index in [-0.39, 0.29) is 24.1 Å². The predicted molar refractivity (Wildman–Crippen MR) is 97.0 cm³/mol. The van der Waals surface area contributed by atoms with Crippen molar-refractivity contribution in [2.75, 3.05) is 6.54 Å². The van der Waals surface area contributed by atoms with Gasteiger partial charge in [-0.05, 0) is 30.4 Å². The lowest BCUT2D eigenvalue weighted by atomic mass is 10.0. The van der Waals surface area contributed by atoms with Gasteiger partial charge in [0.2, 0.25) is 5.91 Å². The van der Waals surface area contributed by atoms with Crippen LogP contribution in [0.5, 0.6) is 0 Å². The molecule has 25 heavy (non-hydrogen) atoms. The molecule has 0 spiro atoms. The van der Waals surface area contributed by atoms with E-state index < -0.39 is 4.92 Å². The number of aryl methyl sites for hydroxylation is 1. The molecule has 1 unspecified atom stereocenters. The molecule has 0 radical (unpaired) electrons. The third-order valence-corrected chi connectivity index (χ3v) is 3.99. The van der Waals surface area contributed by atoms with Crippen molar-refractivity contribution in [2.45, 2.75) is 31.7 Å². The van der Waals surface area contributed by atoms with Crippen LogP contribution in [0, 0.1) is 10.1 Å². The Balaban J connectivity index is 1.62. The van der Waals surface area contributed by atoms with Gasteiger partial charge in [-0.1, -0.05) is 42.5 Å². The van der Waals surface area contributed by atoms with Crippen molar-refractivity contribution in [1.82, 2.24) is 5.32 Å². The van der Waals surface area contributed by atoms with Gasteiger partial charge in [0.1, 0.15) is 0 Å². The zero-order valence-corrected chi connectivity index (χ0v) is 14.1. The zero-order valence-electron chi connectivity index (χ0n) is 14.1. The van der Waals surface area contributed by atoms with Crippen LogP contribution in [0.4, 0.5) is 5.69 Å². The second-order valence-electron chi connectivity index (χ2n) is 5.95. The Morgan fingerprint density at radius 3 is 2.40 bits per heavy atom. The van der Waals surface area contributed by atoms with Crippen molar-refractivity contribution in [2.24, 2.45) is 5.73 Å². The van der Waals surface area contributed by atoms with Crippen molar-refractivity contribution in [3.05, 3.63) is 75.8 Å². The molecule has 132 valence electrons. The number of nitrogens with two attached hydrogens (primary N) is 1.